The molecular weight excluding hydrogens is 358 g/mol. The van der Waals surface area contributed by atoms with Crippen LogP contribution in [0.15, 0.2) is 18.2 Å². The van der Waals surface area contributed by atoms with Gasteiger partial charge in [-0.3, -0.25) is 4.90 Å². The van der Waals surface area contributed by atoms with E-state index in [1.807, 2.05) is 11.8 Å². The molecule has 8 heteroatoms. The molecule has 1 saturated heterocycles. The molecule has 148 valence electrons. The number of alkyl halides is 6. The third-order valence-corrected chi connectivity index (χ3v) is 4.67. The summed E-state index contributed by atoms with van der Waals surface area (Å²) in [5, 5.41) is 3.16. The van der Waals surface area contributed by atoms with Crippen LogP contribution in [0.1, 0.15) is 55.3 Å². The van der Waals surface area contributed by atoms with Gasteiger partial charge < -0.3 is 5.32 Å². The van der Waals surface area contributed by atoms with Crippen molar-refractivity contribution in [1.29, 1.82) is 0 Å². The Bertz CT molecular complexity index is 544. The summed E-state index contributed by atoms with van der Waals surface area (Å²) >= 11 is 0. The summed E-state index contributed by atoms with van der Waals surface area (Å²) in [6.07, 6.45) is -6.48. The Hall–Kier alpha value is -1.28. The van der Waals surface area contributed by atoms with Gasteiger partial charge in [-0.05, 0) is 30.2 Å². The van der Waals surface area contributed by atoms with Gasteiger partial charge in [0.05, 0.1) is 11.1 Å². The van der Waals surface area contributed by atoms with E-state index in [1.165, 1.54) is 0 Å². The van der Waals surface area contributed by atoms with Crippen LogP contribution in [0.25, 0.3) is 0 Å². The number of piperazine rings is 1. The van der Waals surface area contributed by atoms with Crippen molar-refractivity contribution in [2.45, 2.75) is 51.0 Å². The van der Waals surface area contributed by atoms with Crippen LogP contribution in [0, 0.1) is 0 Å². The molecule has 0 aromatic heterocycles. The van der Waals surface area contributed by atoms with Crippen molar-refractivity contribution >= 4 is 0 Å². The Morgan fingerprint density at radius 1 is 0.923 bits per heavy atom. The third-order valence-electron chi connectivity index (χ3n) is 4.67. The fourth-order valence-electron chi connectivity index (χ4n) is 3.31. The molecule has 0 saturated carbocycles. The number of hydrogen-bond donors (Lipinski definition) is 1. The SMILES string of the molecule is CCCCC[C@H](c1cc(C(F)(F)F)cc(C(F)(F)F)c1)N1CCNCC1. The Morgan fingerprint density at radius 3 is 1.92 bits per heavy atom. The highest BCUT2D eigenvalue weighted by molar-refractivity contribution is 5.35. The fourth-order valence-corrected chi connectivity index (χ4v) is 3.31. The largest absolute Gasteiger partial charge is 0.416 e. The fraction of sp³-hybridized carbons (Fsp3) is 0.667. The van der Waals surface area contributed by atoms with Crippen molar-refractivity contribution in [1.82, 2.24) is 10.2 Å². The average Bonchev–Trinajstić information content (AvgIpc) is 2.57. The molecule has 0 unspecified atom stereocenters. The lowest BCUT2D eigenvalue weighted by atomic mass is 9.94. The quantitative estimate of drug-likeness (QED) is 0.534. The van der Waals surface area contributed by atoms with Gasteiger partial charge in [-0.1, -0.05) is 26.2 Å². The van der Waals surface area contributed by atoms with E-state index < -0.39 is 29.5 Å². The minimum absolute atomic E-state index is 0.102. The molecule has 0 spiro atoms. The van der Waals surface area contributed by atoms with Crippen LogP contribution in [0.5, 0.6) is 0 Å². The minimum Gasteiger partial charge on any atom is -0.314 e. The van der Waals surface area contributed by atoms with E-state index in [0.29, 0.717) is 32.6 Å². The third kappa shape index (κ3) is 5.61. The van der Waals surface area contributed by atoms with E-state index in [2.05, 4.69) is 5.32 Å². The molecule has 0 amide bonds. The van der Waals surface area contributed by atoms with Crippen LogP contribution in [0.3, 0.4) is 0 Å². The first-order valence-electron chi connectivity index (χ1n) is 8.87. The number of halogens is 6. The van der Waals surface area contributed by atoms with E-state index in [4.69, 9.17) is 0 Å². The van der Waals surface area contributed by atoms with Crippen LogP contribution in [0.4, 0.5) is 26.3 Å². The Labute approximate surface area is 149 Å². The number of rotatable bonds is 6. The second-order valence-corrected chi connectivity index (χ2v) is 6.64. The maximum atomic E-state index is 13.2. The smallest absolute Gasteiger partial charge is 0.314 e. The summed E-state index contributed by atoms with van der Waals surface area (Å²) in [4.78, 5) is 1.99. The predicted molar refractivity (Wildman–Crippen MR) is 87.8 cm³/mol. The summed E-state index contributed by atoms with van der Waals surface area (Å²) in [7, 11) is 0. The molecule has 1 aromatic carbocycles. The molecule has 1 aromatic rings. The van der Waals surface area contributed by atoms with E-state index in [9.17, 15) is 26.3 Å². The topological polar surface area (TPSA) is 15.3 Å². The van der Waals surface area contributed by atoms with Gasteiger partial charge in [0.25, 0.3) is 0 Å². The van der Waals surface area contributed by atoms with Crippen LogP contribution in [-0.4, -0.2) is 31.1 Å². The van der Waals surface area contributed by atoms with Crippen molar-refractivity contribution in [3.63, 3.8) is 0 Å². The maximum absolute atomic E-state index is 13.2. The first kappa shape index (κ1) is 21.0. The summed E-state index contributed by atoms with van der Waals surface area (Å²) in [5.41, 5.74) is -2.37. The highest BCUT2D eigenvalue weighted by Crippen LogP contribution is 2.39. The van der Waals surface area contributed by atoms with Crippen molar-refractivity contribution in [3.8, 4) is 0 Å². The molecule has 1 aliphatic heterocycles. The van der Waals surface area contributed by atoms with Crippen molar-refractivity contribution < 1.29 is 26.3 Å². The van der Waals surface area contributed by atoms with Gasteiger partial charge in [0.2, 0.25) is 0 Å². The predicted octanol–water partition coefficient (Wildman–Crippen LogP) is 5.25. The molecule has 1 aliphatic rings. The van der Waals surface area contributed by atoms with Gasteiger partial charge in [-0.15, -0.1) is 0 Å². The lowest BCUT2D eigenvalue weighted by Gasteiger charge is -2.36. The summed E-state index contributed by atoms with van der Waals surface area (Å²) in [5.74, 6) is 0. The molecule has 1 N–H and O–H groups in total. The highest BCUT2D eigenvalue weighted by Gasteiger charge is 2.38. The number of benzene rings is 1. The second-order valence-electron chi connectivity index (χ2n) is 6.64. The molecule has 26 heavy (non-hydrogen) atoms. The molecule has 2 nitrogen and oxygen atoms in total. The lowest BCUT2D eigenvalue weighted by Crippen LogP contribution is -2.45. The van der Waals surface area contributed by atoms with Crippen molar-refractivity contribution in [2.24, 2.45) is 0 Å². The van der Waals surface area contributed by atoms with Crippen LogP contribution < -0.4 is 5.32 Å². The van der Waals surface area contributed by atoms with E-state index in [1.54, 1.807) is 0 Å². The van der Waals surface area contributed by atoms with Crippen LogP contribution in [-0.2, 0) is 12.4 Å². The second kappa shape index (κ2) is 8.61. The van der Waals surface area contributed by atoms with Gasteiger partial charge in [-0.2, -0.15) is 26.3 Å². The normalized spacial score (nSPS) is 18.1. The zero-order valence-electron chi connectivity index (χ0n) is 14.7. The number of nitrogens with zero attached hydrogens (tertiary/aromatic N) is 1. The van der Waals surface area contributed by atoms with Gasteiger partial charge >= 0.3 is 12.4 Å². The number of hydrogen-bond acceptors (Lipinski definition) is 2. The van der Waals surface area contributed by atoms with Crippen molar-refractivity contribution in [3.05, 3.63) is 34.9 Å². The Morgan fingerprint density at radius 2 is 1.46 bits per heavy atom. The van der Waals surface area contributed by atoms with E-state index >= 15 is 0 Å². The molecule has 0 radical (unpaired) electrons. The van der Waals surface area contributed by atoms with E-state index in [0.717, 1.165) is 31.4 Å². The summed E-state index contributed by atoms with van der Waals surface area (Å²) in [6, 6.07) is 1.53. The molecular formula is C18H24F6N2. The summed E-state index contributed by atoms with van der Waals surface area (Å²) in [6.45, 7) is 4.57. The van der Waals surface area contributed by atoms with E-state index in [-0.39, 0.29) is 11.6 Å². The highest BCUT2D eigenvalue weighted by atomic mass is 19.4. The first-order chi connectivity index (χ1) is 12.1. The zero-order valence-corrected chi connectivity index (χ0v) is 14.7. The molecule has 1 heterocycles. The lowest BCUT2D eigenvalue weighted by molar-refractivity contribution is -0.143. The molecule has 2 rings (SSSR count). The first-order valence-corrected chi connectivity index (χ1v) is 8.87. The molecule has 0 bridgehead atoms. The number of unbranched alkanes of at least 4 members (excludes halogenated alkanes) is 2. The molecule has 1 fully saturated rings. The number of nitrogens with one attached hydrogen (secondary N) is 1. The monoisotopic (exact) mass is 382 g/mol. The minimum atomic E-state index is -4.81. The van der Waals surface area contributed by atoms with Crippen LogP contribution in [0.2, 0.25) is 0 Å². The standard InChI is InChI=1S/C18H24F6N2/c1-2-3-4-5-16(26-8-6-25-7-9-26)13-10-14(17(19,20)21)12-15(11-13)18(22,23)24/h10-12,16,25H,2-9H2,1H3/t16-/m1/s1. The van der Waals surface area contributed by atoms with Gasteiger partial charge in [0, 0.05) is 32.2 Å². The van der Waals surface area contributed by atoms with Crippen molar-refractivity contribution in [2.75, 3.05) is 26.2 Å². The van der Waals surface area contributed by atoms with Gasteiger partial charge in [0.1, 0.15) is 0 Å². The summed E-state index contributed by atoms with van der Waals surface area (Å²) < 4.78 is 78.9. The van der Waals surface area contributed by atoms with Crippen LogP contribution >= 0.6 is 0 Å². The Balaban J connectivity index is 2.43. The average molecular weight is 382 g/mol. The van der Waals surface area contributed by atoms with Gasteiger partial charge in [0.15, 0.2) is 0 Å². The molecule has 0 aliphatic carbocycles. The van der Waals surface area contributed by atoms with Gasteiger partial charge in [-0.25, -0.2) is 0 Å². The maximum Gasteiger partial charge on any atom is 0.416 e. The zero-order chi connectivity index (χ0) is 19.4. The Kier molecular flexibility index (Phi) is 6.96. The molecule has 1 atom stereocenters.